The van der Waals surface area contributed by atoms with Crippen LogP contribution < -0.4 is 14.4 Å². The van der Waals surface area contributed by atoms with Crippen LogP contribution in [0.4, 0.5) is 5.69 Å². The lowest BCUT2D eigenvalue weighted by Crippen LogP contribution is -2.51. The molecule has 1 amide bonds. The van der Waals surface area contributed by atoms with Crippen molar-refractivity contribution in [2.24, 2.45) is 0 Å². The number of rotatable bonds is 9. The number of carbonyl (C=O) groups excluding carboxylic acids is 1. The molecule has 0 bridgehead atoms. The zero-order chi connectivity index (χ0) is 20.5. The number of piperazine rings is 1. The summed E-state index contributed by atoms with van der Waals surface area (Å²) in [7, 11) is 3.67. The van der Waals surface area contributed by atoms with E-state index in [2.05, 4.69) is 21.9 Å². The van der Waals surface area contributed by atoms with Gasteiger partial charge in [-0.15, -0.1) is 0 Å². The van der Waals surface area contributed by atoms with Crippen LogP contribution in [0.5, 0.6) is 11.5 Å². The number of nitrogens with zero attached hydrogens (tertiary/aromatic N) is 3. The number of ether oxygens (including phenoxy) is 2. The molecule has 29 heavy (non-hydrogen) atoms. The zero-order valence-corrected chi connectivity index (χ0v) is 17.4. The summed E-state index contributed by atoms with van der Waals surface area (Å²) in [6, 6.07) is 17.9. The second-order valence-corrected chi connectivity index (χ2v) is 7.32. The number of benzene rings is 2. The third kappa shape index (κ3) is 6.39. The molecule has 1 aliphatic heterocycles. The minimum atomic E-state index is 0.200. The Bertz CT molecular complexity index is 744. The number of anilines is 1. The van der Waals surface area contributed by atoms with Crippen LogP contribution in [0.3, 0.4) is 0 Å². The summed E-state index contributed by atoms with van der Waals surface area (Å²) in [6.45, 7) is 5.17. The van der Waals surface area contributed by atoms with Crippen LogP contribution in [-0.4, -0.2) is 75.7 Å². The molecule has 6 nitrogen and oxygen atoms in total. The molecule has 0 radical (unpaired) electrons. The first-order valence-corrected chi connectivity index (χ1v) is 10.2. The first-order valence-electron chi connectivity index (χ1n) is 10.2. The molecule has 0 aliphatic carbocycles. The molecule has 0 unspecified atom stereocenters. The topological polar surface area (TPSA) is 45.2 Å². The largest absolute Gasteiger partial charge is 0.497 e. The van der Waals surface area contributed by atoms with Gasteiger partial charge < -0.3 is 19.3 Å². The van der Waals surface area contributed by atoms with Crippen LogP contribution >= 0.6 is 0 Å². The summed E-state index contributed by atoms with van der Waals surface area (Å²) in [5.41, 5.74) is 1.17. The SMILES string of the molecule is COc1ccc(N2CCN(C(=O)CN(C)CCCOc3ccccc3)CC2)cc1. The van der Waals surface area contributed by atoms with E-state index >= 15 is 0 Å². The van der Waals surface area contributed by atoms with Crippen LogP contribution in [0.25, 0.3) is 0 Å². The van der Waals surface area contributed by atoms with Crippen molar-refractivity contribution in [3.63, 3.8) is 0 Å². The Labute approximate surface area is 173 Å². The molecule has 1 aliphatic rings. The van der Waals surface area contributed by atoms with Crippen molar-refractivity contribution in [3.8, 4) is 11.5 Å². The summed E-state index contributed by atoms with van der Waals surface area (Å²) < 4.78 is 10.9. The van der Waals surface area contributed by atoms with Crippen molar-refractivity contribution in [3.05, 3.63) is 54.6 Å². The normalized spacial score (nSPS) is 14.2. The number of carbonyl (C=O) groups is 1. The third-order valence-electron chi connectivity index (χ3n) is 5.17. The van der Waals surface area contributed by atoms with Gasteiger partial charge in [0.1, 0.15) is 11.5 Å². The molecule has 0 spiro atoms. The summed E-state index contributed by atoms with van der Waals surface area (Å²) >= 11 is 0. The lowest BCUT2D eigenvalue weighted by Gasteiger charge is -2.36. The first-order chi connectivity index (χ1) is 14.2. The molecule has 2 aromatic carbocycles. The fourth-order valence-electron chi connectivity index (χ4n) is 3.46. The second-order valence-electron chi connectivity index (χ2n) is 7.32. The molecule has 0 saturated carbocycles. The minimum Gasteiger partial charge on any atom is -0.497 e. The molecule has 1 saturated heterocycles. The Balaban J connectivity index is 1.34. The van der Waals surface area contributed by atoms with Gasteiger partial charge in [-0.25, -0.2) is 0 Å². The molecule has 0 aromatic heterocycles. The van der Waals surface area contributed by atoms with Gasteiger partial charge in [0.15, 0.2) is 0 Å². The monoisotopic (exact) mass is 397 g/mol. The highest BCUT2D eigenvalue weighted by molar-refractivity contribution is 5.78. The fourth-order valence-corrected chi connectivity index (χ4v) is 3.46. The van der Waals surface area contributed by atoms with Crippen molar-refractivity contribution in [2.45, 2.75) is 6.42 Å². The quantitative estimate of drug-likeness (QED) is 0.609. The van der Waals surface area contributed by atoms with Gasteiger partial charge in [0.2, 0.25) is 5.91 Å². The Hall–Kier alpha value is -2.73. The molecule has 6 heteroatoms. The summed E-state index contributed by atoms with van der Waals surface area (Å²) in [5.74, 6) is 1.95. The van der Waals surface area contributed by atoms with E-state index in [4.69, 9.17) is 9.47 Å². The van der Waals surface area contributed by atoms with E-state index < -0.39 is 0 Å². The molecule has 1 fully saturated rings. The highest BCUT2D eigenvalue weighted by Gasteiger charge is 2.22. The minimum absolute atomic E-state index is 0.200. The number of amides is 1. The molecule has 156 valence electrons. The maximum absolute atomic E-state index is 12.6. The fraction of sp³-hybridized carbons (Fsp3) is 0.435. The van der Waals surface area contributed by atoms with Crippen molar-refractivity contribution in [2.75, 3.05) is 64.9 Å². The van der Waals surface area contributed by atoms with E-state index in [1.807, 2.05) is 54.4 Å². The van der Waals surface area contributed by atoms with Gasteiger partial charge in [0.25, 0.3) is 0 Å². The van der Waals surface area contributed by atoms with Crippen molar-refractivity contribution < 1.29 is 14.3 Å². The van der Waals surface area contributed by atoms with E-state index in [1.54, 1.807) is 7.11 Å². The van der Waals surface area contributed by atoms with Crippen LogP contribution in [0, 0.1) is 0 Å². The third-order valence-corrected chi connectivity index (χ3v) is 5.17. The smallest absolute Gasteiger partial charge is 0.236 e. The summed E-state index contributed by atoms with van der Waals surface area (Å²) in [4.78, 5) is 19.0. The lowest BCUT2D eigenvalue weighted by molar-refractivity contribution is -0.132. The number of methoxy groups -OCH3 is 1. The maximum Gasteiger partial charge on any atom is 0.236 e. The van der Waals surface area contributed by atoms with Crippen LogP contribution in [-0.2, 0) is 4.79 Å². The van der Waals surface area contributed by atoms with E-state index in [0.717, 1.165) is 50.6 Å². The Morgan fingerprint density at radius 1 is 0.966 bits per heavy atom. The van der Waals surface area contributed by atoms with Crippen LogP contribution in [0.2, 0.25) is 0 Å². The maximum atomic E-state index is 12.6. The van der Waals surface area contributed by atoms with E-state index in [1.165, 1.54) is 5.69 Å². The average Bonchev–Trinajstić information content (AvgIpc) is 2.77. The average molecular weight is 398 g/mol. The van der Waals surface area contributed by atoms with Gasteiger partial charge in [-0.1, -0.05) is 18.2 Å². The lowest BCUT2D eigenvalue weighted by atomic mass is 10.2. The molecule has 0 N–H and O–H groups in total. The molecular weight excluding hydrogens is 366 g/mol. The Kier molecular flexibility index (Phi) is 7.76. The molecule has 3 rings (SSSR count). The van der Waals surface area contributed by atoms with Gasteiger partial charge in [0, 0.05) is 38.4 Å². The Morgan fingerprint density at radius 2 is 1.66 bits per heavy atom. The first kappa shape index (κ1) is 21.0. The van der Waals surface area contributed by atoms with Crippen molar-refractivity contribution in [1.29, 1.82) is 0 Å². The highest BCUT2D eigenvalue weighted by atomic mass is 16.5. The van der Waals surface area contributed by atoms with E-state index in [-0.39, 0.29) is 5.91 Å². The number of likely N-dealkylation sites (N-methyl/N-ethyl adjacent to an activating group) is 1. The van der Waals surface area contributed by atoms with E-state index in [9.17, 15) is 4.79 Å². The van der Waals surface area contributed by atoms with Gasteiger partial charge in [-0.2, -0.15) is 0 Å². The van der Waals surface area contributed by atoms with Crippen LogP contribution in [0.1, 0.15) is 6.42 Å². The number of hydrogen-bond acceptors (Lipinski definition) is 5. The molecule has 0 atom stereocenters. The second kappa shape index (κ2) is 10.7. The van der Waals surface area contributed by atoms with Crippen molar-refractivity contribution in [1.82, 2.24) is 9.80 Å². The molecule has 1 heterocycles. The van der Waals surface area contributed by atoms with E-state index in [0.29, 0.717) is 13.2 Å². The number of para-hydroxylation sites is 1. The van der Waals surface area contributed by atoms with Gasteiger partial charge in [-0.05, 0) is 49.9 Å². The molecule has 2 aromatic rings. The zero-order valence-electron chi connectivity index (χ0n) is 17.4. The predicted molar refractivity (Wildman–Crippen MR) is 116 cm³/mol. The van der Waals surface area contributed by atoms with Crippen molar-refractivity contribution >= 4 is 11.6 Å². The number of hydrogen-bond donors (Lipinski definition) is 0. The standard InChI is InChI=1S/C23H31N3O3/c1-24(13-6-18-29-22-7-4-3-5-8-22)19-23(27)26-16-14-25(15-17-26)20-9-11-21(28-2)12-10-20/h3-5,7-12H,6,13-19H2,1-2H3. The Morgan fingerprint density at radius 3 is 2.31 bits per heavy atom. The predicted octanol–water partition coefficient (Wildman–Crippen LogP) is 2.74. The van der Waals surface area contributed by atoms with Crippen LogP contribution in [0.15, 0.2) is 54.6 Å². The summed E-state index contributed by atoms with van der Waals surface area (Å²) in [6.07, 6.45) is 0.893. The molecular formula is C23H31N3O3. The summed E-state index contributed by atoms with van der Waals surface area (Å²) in [5, 5.41) is 0. The van der Waals surface area contributed by atoms with Gasteiger partial charge in [-0.3, -0.25) is 9.69 Å². The van der Waals surface area contributed by atoms with Gasteiger partial charge in [0.05, 0.1) is 20.3 Å². The van der Waals surface area contributed by atoms with Gasteiger partial charge >= 0.3 is 0 Å². The highest BCUT2D eigenvalue weighted by Crippen LogP contribution is 2.20.